The maximum Gasteiger partial charge on any atom is 0.191 e. The summed E-state index contributed by atoms with van der Waals surface area (Å²) >= 11 is 0. The van der Waals surface area contributed by atoms with Gasteiger partial charge in [-0.3, -0.25) is 0 Å². The van der Waals surface area contributed by atoms with Crippen molar-refractivity contribution in [2.24, 2.45) is 12.0 Å². The monoisotopic (exact) mass is 352 g/mol. The molecule has 7 heteroatoms. The van der Waals surface area contributed by atoms with Gasteiger partial charge >= 0.3 is 0 Å². The van der Waals surface area contributed by atoms with Crippen LogP contribution >= 0.6 is 0 Å². The lowest BCUT2D eigenvalue weighted by Crippen LogP contribution is -2.43. The zero-order chi connectivity index (χ0) is 18.5. The van der Waals surface area contributed by atoms with Crippen LogP contribution in [0.25, 0.3) is 0 Å². The standard InChI is InChI=1S/C18H36N6O/c1-6-8-9-11-15(3)21-18(19-12-10-13-25-7-2)20-14-17-23-22-16(4)24(17)5/h15H,6-14H2,1-5H3,(H2,19,20,21). The maximum absolute atomic E-state index is 5.39. The van der Waals surface area contributed by atoms with Gasteiger partial charge in [-0.15, -0.1) is 10.2 Å². The van der Waals surface area contributed by atoms with Crippen LogP contribution in [0, 0.1) is 6.92 Å². The van der Waals surface area contributed by atoms with Crippen molar-refractivity contribution in [3.8, 4) is 0 Å². The van der Waals surface area contributed by atoms with Gasteiger partial charge in [0.2, 0.25) is 0 Å². The molecule has 0 aliphatic carbocycles. The summed E-state index contributed by atoms with van der Waals surface area (Å²) in [5.41, 5.74) is 0. The van der Waals surface area contributed by atoms with Gasteiger partial charge in [0.25, 0.3) is 0 Å². The number of guanidine groups is 1. The maximum atomic E-state index is 5.39. The minimum absolute atomic E-state index is 0.394. The summed E-state index contributed by atoms with van der Waals surface area (Å²) in [7, 11) is 1.97. The Balaban J connectivity index is 2.56. The van der Waals surface area contributed by atoms with E-state index in [0.29, 0.717) is 12.6 Å². The van der Waals surface area contributed by atoms with Gasteiger partial charge < -0.3 is 19.9 Å². The molecule has 1 atom stereocenters. The van der Waals surface area contributed by atoms with Crippen molar-refractivity contribution in [3.05, 3.63) is 11.6 Å². The molecule has 0 spiro atoms. The molecular weight excluding hydrogens is 316 g/mol. The third-order valence-electron chi connectivity index (χ3n) is 4.15. The number of hydrogen-bond donors (Lipinski definition) is 2. The predicted molar refractivity (Wildman–Crippen MR) is 103 cm³/mol. The highest BCUT2D eigenvalue weighted by Crippen LogP contribution is 2.03. The molecule has 2 N–H and O–H groups in total. The van der Waals surface area contributed by atoms with Crippen molar-refractivity contribution in [2.45, 2.75) is 72.4 Å². The molecule has 1 aromatic rings. The van der Waals surface area contributed by atoms with Crippen molar-refractivity contribution < 1.29 is 4.74 Å². The first-order valence-corrected chi connectivity index (χ1v) is 9.55. The van der Waals surface area contributed by atoms with E-state index in [0.717, 1.165) is 50.2 Å². The van der Waals surface area contributed by atoms with Crippen LogP contribution in [0.2, 0.25) is 0 Å². The molecule has 7 nitrogen and oxygen atoms in total. The SMILES string of the molecule is CCCCCC(C)NC(=NCc1nnc(C)n1C)NCCCOCC. The fourth-order valence-electron chi connectivity index (χ4n) is 2.42. The Labute approximate surface area is 152 Å². The molecule has 0 aliphatic rings. The second-order valence-electron chi connectivity index (χ2n) is 6.41. The van der Waals surface area contributed by atoms with Crippen LogP contribution in [0.15, 0.2) is 4.99 Å². The highest BCUT2D eigenvalue weighted by molar-refractivity contribution is 5.80. The number of nitrogens with zero attached hydrogens (tertiary/aromatic N) is 4. The Morgan fingerprint density at radius 1 is 1.24 bits per heavy atom. The summed E-state index contributed by atoms with van der Waals surface area (Å²) in [6, 6.07) is 0.394. The lowest BCUT2D eigenvalue weighted by Gasteiger charge is -2.18. The van der Waals surface area contributed by atoms with Crippen molar-refractivity contribution in [1.82, 2.24) is 25.4 Å². The average Bonchev–Trinajstić information content (AvgIpc) is 2.91. The highest BCUT2D eigenvalue weighted by atomic mass is 16.5. The smallest absolute Gasteiger partial charge is 0.191 e. The highest BCUT2D eigenvalue weighted by Gasteiger charge is 2.08. The minimum Gasteiger partial charge on any atom is -0.382 e. The van der Waals surface area contributed by atoms with E-state index >= 15 is 0 Å². The van der Waals surface area contributed by atoms with Crippen LogP contribution in [-0.4, -0.2) is 46.5 Å². The van der Waals surface area contributed by atoms with Crippen molar-refractivity contribution >= 4 is 5.96 Å². The average molecular weight is 353 g/mol. The Kier molecular flexibility index (Phi) is 10.9. The molecule has 0 saturated carbocycles. The molecule has 0 aliphatic heterocycles. The summed E-state index contributed by atoms with van der Waals surface area (Å²) in [4.78, 5) is 4.68. The lowest BCUT2D eigenvalue weighted by molar-refractivity contribution is 0.145. The van der Waals surface area contributed by atoms with E-state index in [-0.39, 0.29) is 0 Å². The summed E-state index contributed by atoms with van der Waals surface area (Å²) in [6.07, 6.45) is 5.87. The third-order valence-corrected chi connectivity index (χ3v) is 4.15. The predicted octanol–water partition coefficient (Wildman–Crippen LogP) is 2.55. The van der Waals surface area contributed by atoms with Gasteiger partial charge in [0.1, 0.15) is 12.4 Å². The van der Waals surface area contributed by atoms with Crippen molar-refractivity contribution in [2.75, 3.05) is 19.8 Å². The number of ether oxygens (including phenoxy) is 1. The zero-order valence-electron chi connectivity index (χ0n) is 16.6. The molecule has 0 amide bonds. The Hall–Kier alpha value is -1.63. The van der Waals surface area contributed by atoms with Crippen LogP contribution in [0.5, 0.6) is 0 Å². The number of nitrogens with one attached hydrogen (secondary N) is 2. The molecule has 0 radical (unpaired) electrons. The van der Waals surface area contributed by atoms with Crippen LogP contribution in [0.3, 0.4) is 0 Å². The van der Waals surface area contributed by atoms with E-state index in [1.165, 1.54) is 19.3 Å². The summed E-state index contributed by atoms with van der Waals surface area (Å²) in [5, 5.41) is 15.2. The number of aromatic nitrogens is 3. The summed E-state index contributed by atoms with van der Waals surface area (Å²) < 4.78 is 7.36. The molecule has 1 aromatic heterocycles. The summed E-state index contributed by atoms with van der Waals surface area (Å²) in [5.74, 6) is 2.60. The first-order valence-electron chi connectivity index (χ1n) is 9.55. The summed E-state index contributed by atoms with van der Waals surface area (Å²) in [6.45, 7) is 11.3. The second-order valence-corrected chi connectivity index (χ2v) is 6.41. The van der Waals surface area contributed by atoms with E-state index in [1.54, 1.807) is 0 Å². The quantitative estimate of drug-likeness (QED) is 0.343. The number of hydrogen-bond acceptors (Lipinski definition) is 4. The van der Waals surface area contributed by atoms with Gasteiger partial charge in [0, 0.05) is 32.8 Å². The molecule has 0 saturated heterocycles. The molecule has 1 unspecified atom stereocenters. The van der Waals surface area contributed by atoms with E-state index in [9.17, 15) is 0 Å². The molecule has 144 valence electrons. The third kappa shape index (κ3) is 8.86. The number of unbranched alkanes of at least 4 members (excludes halogenated alkanes) is 2. The Morgan fingerprint density at radius 2 is 2.04 bits per heavy atom. The van der Waals surface area contributed by atoms with E-state index in [4.69, 9.17) is 4.74 Å². The largest absolute Gasteiger partial charge is 0.382 e. The van der Waals surface area contributed by atoms with E-state index in [1.807, 2.05) is 25.5 Å². The van der Waals surface area contributed by atoms with Gasteiger partial charge in [-0.1, -0.05) is 26.2 Å². The van der Waals surface area contributed by atoms with Crippen LogP contribution in [-0.2, 0) is 18.3 Å². The van der Waals surface area contributed by atoms with Gasteiger partial charge in [-0.25, -0.2) is 4.99 Å². The van der Waals surface area contributed by atoms with Gasteiger partial charge in [0.05, 0.1) is 0 Å². The number of aryl methyl sites for hydroxylation is 1. The first-order chi connectivity index (χ1) is 12.1. The first kappa shape index (κ1) is 21.4. The molecule has 1 rings (SSSR count). The fourth-order valence-corrected chi connectivity index (χ4v) is 2.42. The van der Waals surface area contributed by atoms with Gasteiger partial charge in [0.15, 0.2) is 11.8 Å². The van der Waals surface area contributed by atoms with E-state index in [2.05, 4.69) is 39.7 Å². The fraction of sp³-hybridized carbons (Fsp3) is 0.833. The molecule has 25 heavy (non-hydrogen) atoms. The van der Waals surface area contributed by atoms with Crippen LogP contribution in [0.4, 0.5) is 0 Å². The van der Waals surface area contributed by atoms with Crippen molar-refractivity contribution in [3.63, 3.8) is 0 Å². The topological polar surface area (TPSA) is 76.4 Å². The van der Waals surface area contributed by atoms with Gasteiger partial charge in [-0.05, 0) is 33.6 Å². The molecule has 0 aromatic carbocycles. The van der Waals surface area contributed by atoms with E-state index < -0.39 is 0 Å². The Bertz CT molecular complexity index is 500. The lowest BCUT2D eigenvalue weighted by atomic mass is 10.1. The molecule has 1 heterocycles. The molecular formula is C18H36N6O. The number of aliphatic imine (C=N–C) groups is 1. The Morgan fingerprint density at radius 3 is 2.68 bits per heavy atom. The van der Waals surface area contributed by atoms with Crippen LogP contribution in [0.1, 0.15) is 64.5 Å². The van der Waals surface area contributed by atoms with Crippen molar-refractivity contribution in [1.29, 1.82) is 0 Å². The normalized spacial score (nSPS) is 13.1. The molecule has 0 fully saturated rings. The number of rotatable bonds is 12. The second kappa shape index (κ2) is 12.7. The van der Waals surface area contributed by atoms with Crippen LogP contribution < -0.4 is 10.6 Å². The zero-order valence-corrected chi connectivity index (χ0v) is 16.6. The van der Waals surface area contributed by atoms with Gasteiger partial charge in [-0.2, -0.15) is 0 Å². The minimum atomic E-state index is 0.394. The molecule has 0 bridgehead atoms.